The molecule has 5 rings (SSSR count). The molecule has 1 amide bonds. The zero-order valence-corrected chi connectivity index (χ0v) is 65.0. The first-order valence-corrected chi connectivity index (χ1v) is 69.6. The smallest absolute Gasteiger partial charge is 0.254 e. The molecule has 3 aromatic rings. The first-order chi connectivity index (χ1) is 29.8. The number of piperidine rings is 1. The third-order valence-corrected chi connectivity index (χ3v) is 187. The van der Waals surface area contributed by atoms with E-state index < -0.39 is 9.84 Å². The van der Waals surface area contributed by atoms with Gasteiger partial charge in [-0.05, 0) is 135 Å². The number of carbonyl (C=O) groups excluding carboxylic acids is 1. The predicted molar refractivity (Wildman–Crippen MR) is 374 cm³/mol. The molecule has 18 atom stereocenters. The normalized spacial score (nSPS) is 17.5. The van der Waals surface area contributed by atoms with E-state index in [1.807, 2.05) is 48.6 Å². The molecular weight excluding hydrogens is 1320 g/mol. The summed E-state index contributed by atoms with van der Waals surface area (Å²) in [5.41, 5.74) is 4.74. The number of aromatic nitrogens is 3. The maximum atomic E-state index is 14.0. The fourth-order valence-corrected chi connectivity index (χ4v) is 352. The molecule has 37 heteroatoms. The standard InChI is InChI=1S/C27H36N6O3S.H29P27/c1-18-11-12-19(17-37(5,35)36)21(15-18)27(34)32-14-7-6-10-23(32)22-16-24-28-25(30(2)3)20-9-8-13-31(4)26(20)33(24)29-22;1-15-22(14)26(23(16(2)3)17(4)5)27(24(18(6)7)19(8)9)25(20(10)11)21(12)13/h11-12,15-16,23H,6-10,13-14,17H2,1-5H3;15H,1-14H2. The fourth-order valence-electron chi connectivity index (χ4n) is 7.13. The predicted octanol–water partition coefficient (Wildman–Crippen LogP) is 18.9. The van der Waals surface area contributed by atoms with E-state index in [9.17, 15) is 13.2 Å². The van der Waals surface area contributed by atoms with Crippen LogP contribution in [0.2, 0.25) is 0 Å². The quantitative estimate of drug-likeness (QED) is 0.124. The van der Waals surface area contributed by atoms with Crippen LogP contribution in [0.3, 0.4) is 0 Å². The van der Waals surface area contributed by atoms with Gasteiger partial charge in [0.05, 0.1) is 17.5 Å². The molecule has 0 spiro atoms. The maximum Gasteiger partial charge on any atom is 0.254 e. The van der Waals surface area contributed by atoms with Crippen LogP contribution in [0, 0.1) is 6.92 Å². The van der Waals surface area contributed by atoms with Crippen LogP contribution in [0.1, 0.15) is 64.5 Å². The van der Waals surface area contributed by atoms with Crippen LogP contribution in [-0.2, 0) is 22.0 Å². The Kier molecular flexibility index (Phi) is 31.2. The molecule has 0 aliphatic carbocycles. The maximum absolute atomic E-state index is 14.0. The number of hydrogen-bond acceptors (Lipinski definition) is 7. The number of carbonyl (C=O) groups is 1. The third-order valence-electron chi connectivity index (χ3n) is 9.60. The first-order valence-electron chi connectivity index (χ1n) is 19.0. The van der Waals surface area contributed by atoms with Gasteiger partial charge in [0.25, 0.3) is 5.91 Å². The Labute approximate surface area is 431 Å². The molecule has 0 radical (unpaired) electrons. The van der Waals surface area contributed by atoms with Crippen LogP contribution in [0.5, 0.6) is 0 Å². The van der Waals surface area contributed by atoms with Crippen LogP contribution < -0.4 is 9.80 Å². The molecule has 4 heterocycles. The summed E-state index contributed by atoms with van der Waals surface area (Å²) in [7, 11) is 49.4. The Morgan fingerprint density at radius 2 is 1.34 bits per heavy atom. The molecule has 0 N–H and O–H groups in total. The van der Waals surface area contributed by atoms with Crippen molar-refractivity contribution >= 4 is 250 Å². The minimum atomic E-state index is -3.29. The van der Waals surface area contributed by atoms with Crippen molar-refractivity contribution in [3.63, 3.8) is 0 Å². The molecule has 1 saturated heterocycles. The topological polar surface area (TPSA) is 91.1 Å². The van der Waals surface area contributed by atoms with Crippen LogP contribution >= 0.6 is 217 Å². The van der Waals surface area contributed by atoms with Gasteiger partial charge in [-0.1, -0.05) is 25.7 Å². The Bertz CT molecular complexity index is 2090. The summed E-state index contributed by atoms with van der Waals surface area (Å²) in [4.78, 5) is 25.1. The lowest BCUT2D eigenvalue weighted by Gasteiger charge is -2.50. The summed E-state index contributed by atoms with van der Waals surface area (Å²) in [6.07, 6.45) is 5.94. The third kappa shape index (κ3) is 18.0. The summed E-state index contributed by atoms with van der Waals surface area (Å²) < 4.78 is 26.1. The number of benzene rings is 1. The summed E-state index contributed by atoms with van der Waals surface area (Å²) in [5, 5.41) is 5.03. The number of fused-ring (bicyclic) bond motifs is 3. The highest BCUT2D eigenvalue weighted by Gasteiger charge is 2.48. The van der Waals surface area contributed by atoms with E-state index in [-0.39, 0.29) is 102 Å². The molecule has 9 nitrogen and oxygen atoms in total. The van der Waals surface area contributed by atoms with Gasteiger partial charge in [-0.2, -0.15) is 9.61 Å². The second-order valence-corrected chi connectivity index (χ2v) is 123. The highest BCUT2D eigenvalue weighted by Crippen LogP contribution is 3.36. The molecule has 18 unspecified atom stereocenters. The van der Waals surface area contributed by atoms with Gasteiger partial charge < -0.3 is 14.7 Å². The SMILES string of the molecule is Cc1ccc(CS(C)(=O)=O)c(C(=O)N2CCCCC2c2cc3nc(N(C)C)c4c(n3n2)N(C)CCC4)c1.PPP(P)P(P(P(P)P)P(P)P)P(P(P(P)P)P(P)P)P(P(P)P)P(P)P. The number of anilines is 2. The largest absolute Gasteiger partial charge is 0.362 e. The van der Waals surface area contributed by atoms with Crippen molar-refractivity contribution in [2.75, 3.05) is 50.3 Å². The average Bonchev–Trinajstić information content (AvgIpc) is 3.62. The number of aryl methyl sites for hydroxylation is 1. The van der Waals surface area contributed by atoms with E-state index in [2.05, 4.69) is 142 Å². The lowest BCUT2D eigenvalue weighted by atomic mass is 9.96. The zero-order valence-electron chi connectivity index (χ0n) is 36.3. The fraction of sp³-hybridized carbons (Fsp3) is 0.519. The van der Waals surface area contributed by atoms with E-state index >= 15 is 0 Å². The highest BCUT2D eigenvalue weighted by molar-refractivity contribution is 9.42. The highest BCUT2D eigenvalue weighted by atomic mass is 33.5. The van der Waals surface area contributed by atoms with Crippen LogP contribution in [0.4, 0.5) is 11.6 Å². The van der Waals surface area contributed by atoms with E-state index in [1.165, 1.54) is 11.8 Å². The molecule has 362 valence electrons. The Morgan fingerprint density at radius 3 is 1.84 bits per heavy atom. The van der Waals surface area contributed by atoms with E-state index in [4.69, 9.17) is 10.1 Å². The van der Waals surface area contributed by atoms with Gasteiger partial charge >= 0.3 is 0 Å². The molecule has 2 aromatic heterocycles. The number of amides is 1. The minimum Gasteiger partial charge on any atom is -0.362 e. The summed E-state index contributed by atoms with van der Waals surface area (Å²) in [6, 6.07) is 7.26. The van der Waals surface area contributed by atoms with Crippen molar-refractivity contribution < 1.29 is 13.2 Å². The lowest BCUT2D eigenvalue weighted by Crippen LogP contribution is -2.39. The van der Waals surface area contributed by atoms with E-state index in [0.29, 0.717) is 17.7 Å². The Balaban J connectivity index is 0.000000298. The summed E-state index contributed by atoms with van der Waals surface area (Å²) in [5.74, 6) is 1.73. The lowest BCUT2D eigenvalue weighted by molar-refractivity contribution is 0.0605. The summed E-state index contributed by atoms with van der Waals surface area (Å²) >= 11 is 0. The van der Waals surface area contributed by atoms with Crippen molar-refractivity contribution in [2.45, 2.75) is 50.8 Å². The van der Waals surface area contributed by atoms with Gasteiger partial charge in [0, 0.05) is 57.7 Å². The molecule has 0 saturated carbocycles. The monoisotopic (exact) mass is 1390 g/mol. The average molecular weight is 1390 g/mol. The molecule has 2 aliphatic rings. The Hall–Kier alpha value is 8.47. The summed E-state index contributed by atoms with van der Waals surface area (Å²) in [6.45, 7) is 3.85. The van der Waals surface area contributed by atoms with Crippen molar-refractivity contribution in [3.05, 3.63) is 52.2 Å². The molecule has 0 bridgehead atoms. The van der Waals surface area contributed by atoms with Crippen molar-refractivity contribution in [1.82, 2.24) is 19.5 Å². The molecular formula is C27H65N6O3P27S. The Morgan fingerprint density at radius 1 is 0.797 bits per heavy atom. The van der Waals surface area contributed by atoms with Gasteiger partial charge in [0.1, 0.15) is 11.6 Å². The first kappa shape index (κ1) is 65.0. The van der Waals surface area contributed by atoms with Crippen LogP contribution in [0.25, 0.3) is 5.65 Å². The second kappa shape index (κ2) is 30.7. The molecule has 1 fully saturated rings. The van der Waals surface area contributed by atoms with Crippen molar-refractivity contribution in [1.29, 1.82) is 0 Å². The van der Waals surface area contributed by atoms with Crippen LogP contribution in [-0.4, -0.2) is 74.3 Å². The second-order valence-electron chi connectivity index (χ2n) is 14.8. The number of nitrogens with zero attached hydrogens (tertiary/aromatic N) is 6. The van der Waals surface area contributed by atoms with Crippen molar-refractivity contribution in [2.24, 2.45) is 0 Å². The van der Waals surface area contributed by atoms with Gasteiger partial charge in [-0.25, -0.2) is 13.4 Å². The van der Waals surface area contributed by atoms with Gasteiger partial charge in [0.2, 0.25) is 0 Å². The number of likely N-dealkylation sites (tertiary alicyclic amines) is 1. The number of hydrogen-bond donors (Lipinski definition) is 0. The van der Waals surface area contributed by atoms with Gasteiger partial charge in [0.15, 0.2) is 15.5 Å². The van der Waals surface area contributed by atoms with Gasteiger partial charge in [-0.15, -0.1) is 125 Å². The number of rotatable bonds is 17. The zero-order chi connectivity index (χ0) is 48.1. The molecule has 1 aromatic carbocycles. The van der Waals surface area contributed by atoms with Crippen molar-refractivity contribution in [3.8, 4) is 0 Å². The van der Waals surface area contributed by atoms with Crippen LogP contribution in [0.15, 0.2) is 24.3 Å². The van der Waals surface area contributed by atoms with E-state index in [1.54, 1.807) is 6.07 Å². The number of sulfone groups is 1. The minimum absolute atomic E-state index is 0.0165. The molecule has 2 aliphatic heterocycles. The van der Waals surface area contributed by atoms with Gasteiger partial charge in [-0.3, -0.25) is 4.79 Å². The van der Waals surface area contributed by atoms with E-state index in [0.717, 1.165) is 75.1 Å². The molecule has 64 heavy (non-hydrogen) atoms.